The lowest BCUT2D eigenvalue weighted by molar-refractivity contribution is 0.0218. The van der Waals surface area contributed by atoms with Gasteiger partial charge in [0.2, 0.25) is 31.8 Å². The van der Waals surface area contributed by atoms with E-state index in [4.69, 9.17) is 25.7 Å². The average molecular weight is 954 g/mol. The Bertz CT molecular complexity index is 2370. The first-order valence-corrected chi connectivity index (χ1v) is 24.0. The van der Waals surface area contributed by atoms with Crippen LogP contribution in [0.5, 0.6) is 23.3 Å². The Balaban J connectivity index is 0.000000333. The van der Waals surface area contributed by atoms with Crippen molar-refractivity contribution < 1.29 is 35.8 Å². The van der Waals surface area contributed by atoms with Gasteiger partial charge in [0.25, 0.3) is 0 Å². The van der Waals surface area contributed by atoms with E-state index in [0.717, 1.165) is 52.9 Å². The zero-order valence-electron chi connectivity index (χ0n) is 36.8. The Morgan fingerprint density at radius 1 is 0.762 bits per heavy atom. The lowest BCUT2D eigenvalue weighted by Gasteiger charge is -2.31. The Hall–Kier alpha value is -4.11. The minimum Gasteiger partial charge on any atom is -0.444 e. The van der Waals surface area contributed by atoms with Gasteiger partial charge in [-0.3, -0.25) is 0 Å². The molecule has 2 aromatic heterocycles. The third-order valence-electron chi connectivity index (χ3n) is 10.0. The molecule has 2 aromatic carbocycles. The largest absolute Gasteiger partial charge is 0.444 e. The lowest BCUT2D eigenvalue weighted by atomic mass is 10.0. The Morgan fingerprint density at radius 3 is 1.73 bits per heavy atom. The van der Waals surface area contributed by atoms with Crippen LogP contribution in [0.1, 0.15) is 67.3 Å². The van der Waals surface area contributed by atoms with Crippen LogP contribution in [-0.4, -0.2) is 93.2 Å². The Labute approximate surface area is 384 Å². The van der Waals surface area contributed by atoms with Crippen LogP contribution in [0.4, 0.5) is 4.79 Å². The number of amides is 1. The first-order valence-electron chi connectivity index (χ1n) is 20.2. The van der Waals surface area contributed by atoms with Crippen LogP contribution in [0.15, 0.2) is 72.8 Å². The normalized spacial score (nSPS) is 18.7. The maximum absolute atomic E-state index is 12.9. The summed E-state index contributed by atoms with van der Waals surface area (Å²) in [6.07, 6.45) is 4.28. The molecule has 20 heteroatoms. The number of pyridine rings is 2. The van der Waals surface area contributed by atoms with Gasteiger partial charge in [-0.15, -0.1) is 24.8 Å². The van der Waals surface area contributed by atoms with Crippen molar-refractivity contribution in [2.24, 2.45) is 11.5 Å². The topological polar surface area (TPSA) is 230 Å². The Kier molecular flexibility index (Phi) is 19.6. The van der Waals surface area contributed by atoms with Crippen molar-refractivity contribution in [1.29, 1.82) is 0 Å². The van der Waals surface area contributed by atoms with Crippen molar-refractivity contribution in [3.05, 3.63) is 106 Å². The highest BCUT2D eigenvalue weighted by Crippen LogP contribution is 2.29. The summed E-state index contributed by atoms with van der Waals surface area (Å²) in [5.74, 6) is 2.32. The van der Waals surface area contributed by atoms with E-state index >= 15 is 0 Å². The van der Waals surface area contributed by atoms with E-state index in [2.05, 4.69) is 24.7 Å². The number of nitrogens with one attached hydrogen (secondary N) is 3. The van der Waals surface area contributed by atoms with Gasteiger partial charge in [-0.1, -0.05) is 36.4 Å². The molecule has 2 fully saturated rings. The van der Waals surface area contributed by atoms with Gasteiger partial charge < -0.3 is 35.9 Å². The van der Waals surface area contributed by atoms with E-state index in [1.807, 2.05) is 86.6 Å². The molecular weight excluding hydrogens is 892 g/mol. The van der Waals surface area contributed by atoms with Gasteiger partial charge in [-0.2, -0.15) is 0 Å². The SMILES string of the molecule is Cc1ccc(CN)nc1Oc1cccc(C[C@@H]2NCC[C@@H]2NS(C)(=O)=O)c1.Cc1ccc(CN)nc1Oc1cccc(C[C@H]2[C@@H](NS(C)(=O)=O)CCN2C(=O)OC(C)(C)C)c1.Cl.Cl. The molecule has 0 unspecified atom stereocenters. The number of ether oxygens (including phenoxy) is 3. The third-order valence-corrected chi connectivity index (χ3v) is 11.5. The molecular formula is C43H62Cl2N8O8S2. The monoisotopic (exact) mass is 952 g/mol. The molecule has 63 heavy (non-hydrogen) atoms. The maximum atomic E-state index is 12.9. The Morgan fingerprint density at radius 2 is 1.25 bits per heavy atom. The summed E-state index contributed by atoms with van der Waals surface area (Å²) >= 11 is 0. The van der Waals surface area contributed by atoms with Crippen molar-refractivity contribution in [2.45, 2.75) is 103 Å². The predicted molar refractivity (Wildman–Crippen MR) is 250 cm³/mol. The molecule has 16 nitrogen and oxygen atoms in total. The molecule has 348 valence electrons. The summed E-state index contributed by atoms with van der Waals surface area (Å²) in [6, 6.07) is 22.0. The number of hydrogen-bond acceptors (Lipinski definition) is 13. The maximum Gasteiger partial charge on any atom is 0.410 e. The second-order valence-electron chi connectivity index (χ2n) is 16.5. The molecule has 0 bridgehead atoms. The standard InChI is InChI=1S/C24H34N4O5S.C19H26N4O3S.2ClH/c1-16-9-10-18(15-25)26-22(16)32-19-8-6-7-17(13-19)14-21-20(27-34(5,30)31)11-12-28(21)23(29)33-24(2,3)4;1-13-6-7-15(12-20)22-19(13)26-16-5-3-4-14(10-16)11-18-17(8-9-21-18)23-27(2,24)25;;/h6-10,13,20-21,27H,11-12,14-15,25H2,1-5H3;3-7,10,17-18,21,23H,8-9,11-12,20H2,1-2H3;2*1H/t20-,21-;17-,18-;;/m00../s1. The zero-order chi connectivity index (χ0) is 44.5. The van der Waals surface area contributed by atoms with E-state index in [1.165, 1.54) is 6.26 Å². The molecule has 7 N–H and O–H groups in total. The fraction of sp³-hybridized carbons (Fsp3) is 0.465. The summed E-state index contributed by atoms with van der Waals surface area (Å²) < 4.78 is 70.0. The summed E-state index contributed by atoms with van der Waals surface area (Å²) in [5, 5.41) is 3.38. The van der Waals surface area contributed by atoms with Gasteiger partial charge in [-0.25, -0.2) is 41.0 Å². The number of hydrogen-bond donors (Lipinski definition) is 5. The van der Waals surface area contributed by atoms with Crippen LogP contribution in [0.25, 0.3) is 0 Å². The van der Waals surface area contributed by atoms with Crippen LogP contribution in [0.3, 0.4) is 0 Å². The van der Waals surface area contributed by atoms with E-state index in [-0.39, 0.29) is 36.9 Å². The number of nitrogens with two attached hydrogens (primary N) is 2. The number of aromatic nitrogens is 2. The number of carbonyl (C=O) groups is 1. The number of benzene rings is 2. The highest BCUT2D eigenvalue weighted by Gasteiger charge is 2.40. The quantitative estimate of drug-likeness (QED) is 0.107. The molecule has 4 aromatic rings. The fourth-order valence-electron chi connectivity index (χ4n) is 7.19. The van der Waals surface area contributed by atoms with Crippen molar-refractivity contribution in [3.8, 4) is 23.3 Å². The van der Waals surface area contributed by atoms with Gasteiger partial charge >= 0.3 is 6.09 Å². The van der Waals surface area contributed by atoms with Crippen molar-refractivity contribution >= 4 is 51.0 Å². The summed E-state index contributed by atoms with van der Waals surface area (Å²) in [5.41, 5.74) is 16.0. The van der Waals surface area contributed by atoms with Crippen molar-refractivity contribution in [3.63, 3.8) is 0 Å². The van der Waals surface area contributed by atoms with Gasteiger partial charge in [0, 0.05) is 48.9 Å². The second kappa shape index (κ2) is 23.2. The van der Waals surface area contributed by atoms with Crippen LogP contribution >= 0.6 is 24.8 Å². The number of nitrogens with zero attached hydrogens (tertiary/aromatic N) is 3. The molecule has 2 aliphatic rings. The number of halogens is 2. The van der Waals surface area contributed by atoms with Gasteiger partial charge in [0.15, 0.2) is 0 Å². The summed E-state index contributed by atoms with van der Waals surface area (Å²) in [7, 11) is -6.68. The van der Waals surface area contributed by atoms with Gasteiger partial charge in [0.1, 0.15) is 17.1 Å². The number of rotatable bonds is 14. The highest BCUT2D eigenvalue weighted by molar-refractivity contribution is 7.89. The van der Waals surface area contributed by atoms with Crippen LogP contribution in [0.2, 0.25) is 0 Å². The minimum atomic E-state index is -3.45. The van der Waals surface area contributed by atoms with E-state index in [0.29, 0.717) is 62.2 Å². The molecule has 2 saturated heterocycles. The van der Waals surface area contributed by atoms with E-state index in [1.54, 1.807) is 25.7 Å². The molecule has 2 aliphatic heterocycles. The van der Waals surface area contributed by atoms with Crippen LogP contribution in [-0.2, 0) is 50.7 Å². The fourth-order valence-corrected chi connectivity index (χ4v) is 8.84. The molecule has 0 radical (unpaired) electrons. The van der Waals surface area contributed by atoms with Gasteiger partial charge in [0.05, 0.1) is 29.9 Å². The summed E-state index contributed by atoms with van der Waals surface area (Å²) in [4.78, 5) is 23.4. The molecule has 4 heterocycles. The highest BCUT2D eigenvalue weighted by atomic mass is 35.5. The molecule has 4 atom stereocenters. The lowest BCUT2D eigenvalue weighted by Crippen LogP contribution is -2.48. The van der Waals surface area contributed by atoms with Gasteiger partial charge in [-0.05, 0) is 114 Å². The predicted octanol–water partition coefficient (Wildman–Crippen LogP) is 5.42. The van der Waals surface area contributed by atoms with E-state index < -0.39 is 43.8 Å². The van der Waals surface area contributed by atoms with Crippen LogP contribution in [0, 0.1) is 13.8 Å². The third kappa shape index (κ3) is 16.8. The smallest absolute Gasteiger partial charge is 0.410 e. The molecule has 0 spiro atoms. The van der Waals surface area contributed by atoms with Crippen LogP contribution < -0.4 is 35.7 Å². The molecule has 0 aliphatic carbocycles. The zero-order valence-corrected chi connectivity index (χ0v) is 40.1. The number of carbonyl (C=O) groups excluding carboxylic acids is 1. The number of aryl methyl sites for hydroxylation is 2. The average Bonchev–Trinajstić information content (AvgIpc) is 3.77. The number of sulfonamides is 2. The van der Waals surface area contributed by atoms with Crippen molar-refractivity contribution in [1.82, 2.24) is 29.6 Å². The number of likely N-dealkylation sites (tertiary alicyclic amines) is 1. The summed E-state index contributed by atoms with van der Waals surface area (Å²) in [6.45, 7) is 11.1. The second-order valence-corrected chi connectivity index (χ2v) is 20.1. The van der Waals surface area contributed by atoms with Crippen molar-refractivity contribution in [2.75, 3.05) is 25.6 Å². The van der Waals surface area contributed by atoms with E-state index in [9.17, 15) is 21.6 Å². The first-order chi connectivity index (χ1) is 28.7. The molecule has 0 saturated carbocycles. The minimum absolute atomic E-state index is 0. The molecule has 6 rings (SSSR count). The molecule has 1 amide bonds. The first kappa shape index (κ1) is 53.2.